The highest BCUT2D eigenvalue weighted by atomic mass is 79.9. The Morgan fingerprint density at radius 3 is 2.65 bits per heavy atom. The predicted octanol–water partition coefficient (Wildman–Crippen LogP) is 4.20. The van der Waals surface area contributed by atoms with E-state index in [0.717, 1.165) is 39.6 Å². The van der Waals surface area contributed by atoms with Crippen LogP contribution < -0.4 is 5.32 Å². The van der Waals surface area contributed by atoms with Crippen molar-refractivity contribution in [1.29, 1.82) is 0 Å². The van der Waals surface area contributed by atoms with E-state index in [-0.39, 0.29) is 0 Å². The molecule has 2 rings (SSSR count). The number of nitrogens with zero attached hydrogens (tertiary/aromatic N) is 2. The van der Waals surface area contributed by atoms with Crippen LogP contribution in [0.3, 0.4) is 0 Å². The van der Waals surface area contributed by atoms with Crippen molar-refractivity contribution in [2.75, 3.05) is 6.54 Å². The van der Waals surface area contributed by atoms with Gasteiger partial charge in [-0.15, -0.1) is 0 Å². The van der Waals surface area contributed by atoms with Gasteiger partial charge < -0.3 is 5.32 Å². The molecule has 0 unspecified atom stereocenters. The van der Waals surface area contributed by atoms with Gasteiger partial charge in [0.15, 0.2) is 5.16 Å². The first-order valence-electron chi connectivity index (χ1n) is 6.64. The molecule has 0 radical (unpaired) electrons. The summed E-state index contributed by atoms with van der Waals surface area (Å²) < 4.78 is 1.12. The number of aryl methyl sites for hydroxylation is 1. The number of nitrogens with one attached hydrogen (secondary N) is 1. The zero-order valence-corrected chi connectivity index (χ0v) is 14.1. The highest BCUT2D eigenvalue weighted by Gasteiger charge is 2.04. The summed E-state index contributed by atoms with van der Waals surface area (Å²) in [7, 11) is 0. The summed E-state index contributed by atoms with van der Waals surface area (Å²) in [5.74, 6) is 0. The zero-order valence-electron chi connectivity index (χ0n) is 11.7. The van der Waals surface area contributed by atoms with Crippen LogP contribution in [0.4, 0.5) is 0 Å². The number of hydrogen-bond donors (Lipinski definition) is 1. The lowest BCUT2D eigenvalue weighted by molar-refractivity contribution is 0.673. The van der Waals surface area contributed by atoms with Crippen LogP contribution in [0.2, 0.25) is 0 Å². The lowest BCUT2D eigenvalue weighted by Crippen LogP contribution is -2.14. The molecule has 0 atom stereocenters. The zero-order chi connectivity index (χ0) is 14.4. The van der Waals surface area contributed by atoms with Crippen molar-refractivity contribution < 1.29 is 0 Å². The number of halogens is 1. The number of benzene rings is 1. The van der Waals surface area contributed by atoms with Gasteiger partial charge >= 0.3 is 0 Å². The van der Waals surface area contributed by atoms with Gasteiger partial charge in [-0.3, -0.25) is 0 Å². The molecule has 2 aromatic rings. The molecule has 1 heterocycles. The second kappa shape index (κ2) is 7.76. The Kier molecular flexibility index (Phi) is 6.01. The van der Waals surface area contributed by atoms with E-state index in [9.17, 15) is 0 Å². The van der Waals surface area contributed by atoms with Crippen LogP contribution in [0.5, 0.6) is 0 Å². The van der Waals surface area contributed by atoms with Crippen molar-refractivity contribution in [1.82, 2.24) is 15.3 Å². The molecule has 3 nitrogen and oxygen atoms in total. The fraction of sp³-hybridized carbons (Fsp3) is 0.333. The van der Waals surface area contributed by atoms with E-state index in [1.165, 1.54) is 5.56 Å². The van der Waals surface area contributed by atoms with E-state index in [1.54, 1.807) is 11.8 Å². The third-order valence-electron chi connectivity index (χ3n) is 2.73. The minimum Gasteiger partial charge on any atom is -0.313 e. The molecular weight excluding hydrogens is 334 g/mol. The first-order chi connectivity index (χ1) is 9.69. The molecule has 1 aromatic carbocycles. The summed E-state index contributed by atoms with van der Waals surface area (Å²) in [5.41, 5.74) is 2.35. The average Bonchev–Trinajstić information content (AvgIpc) is 2.44. The van der Waals surface area contributed by atoms with Crippen molar-refractivity contribution in [3.8, 4) is 0 Å². The highest BCUT2D eigenvalue weighted by molar-refractivity contribution is 9.10. The standard InChI is InChI=1S/C15H18BrN3S/c1-3-6-17-10-12-4-5-13(7-14(12)16)20-15-18-8-11(2)9-19-15/h4-5,7-9,17H,3,6,10H2,1-2H3. The molecule has 106 valence electrons. The first-order valence-corrected chi connectivity index (χ1v) is 8.25. The molecule has 5 heteroatoms. The van der Waals surface area contributed by atoms with Gasteiger partial charge in [0.1, 0.15) is 0 Å². The number of hydrogen-bond acceptors (Lipinski definition) is 4. The molecule has 0 saturated heterocycles. The lowest BCUT2D eigenvalue weighted by atomic mass is 10.2. The summed E-state index contributed by atoms with van der Waals surface area (Å²) >= 11 is 5.20. The monoisotopic (exact) mass is 351 g/mol. The Labute approximate surface area is 132 Å². The number of aromatic nitrogens is 2. The molecule has 1 N–H and O–H groups in total. The fourth-order valence-corrected chi connectivity index (χ4v) is 3.08. The van der Waals surface area contributed by atoms with Crippen LogP contribution in [-0.2, 0) is 6.54 Å². The molecular formula is C15H18BrN3S. The maximum absolute atomic E-state index is 4.31. The first kappa shape index (κ1) is 15.5. The molecule has 0 aliphatic heterocycles. The summed E-state index contributed by atoms with van der Waals surface area (Å²) in [6, 6.07) is 6.38. The quantitative estimate of drug-likeness (QED) is 0.625. The Hall–Kier alpha value is -0.910. The fourth-order valence-electron chi connectivity index (χ4n) is 1.67. The van der Waals surface area contributed by atoms with Crippen molar-refractivity contribution in [2.45, 2.75) is 36.9 Å². The number of rotatable bonds is 6. The van der Waals surface area contributed by atoms with Gasteiger partial charge in [-0.1, -0.05) is 28.9 Å². The van der Waals surface area contributed by atoms with Crippen LogP contribution >= 0.6 is 27.7 Å². The van der Waals surface area contributed by atoms with Crippen molar-refractivity contribution in [2.24, 2.45) is 0 Å². The van der Waals surface area contributed by atoms with Crippen LogP contribution in [-0.4, -0.2) is 16.5 Å². The summed E-state index contributed by atoms with van der Waals surface area (Å²) in [6.07, 6.45) is 4.83. The lowest BCUT2D eigenvalue weighted by Gasteiger charge is -2.08. The Morgan fingerprint density at radius 1 is 1.25 bits per heavy atom. The van der Waals surface area contributed by atoms with Gasteiger partial charge in [0.25, 0.3) is 0 Å². The largest absolute Gasteiger partial charge is 0.313 e. The summed E-state index contributed by atoms with van der Waals surface area (Å²) in [5, 5.41) is 4.18. The molecule has 0 aliphatic rings. The maximum atomic E-state index is 4.31. The average molecular weight is 352 g/mol. The van der Waals surface area contributed by atoms with Crippen molar-refractivity contribution in [3.05, 3.63) is 46.2 Å². The Bertz CT molecular complexity index is 558. The van der Waals surface area contributed by atoms with Crippen LogP contribution in [0.25, 0.3) is 0 Å². The molecule has 0 saturated carbocycles. The molecule has 20 heavy (non-hydrogen) atoms. The van der Waals surface area contributed by atoms with Gasteiger partial charge in [0.05, 0.1) is 0 Å². The molecule has 0 bridgehead atoms. The van der Waals surface area contributed by atoms with Gasteiger partial charge in [0.2, 0.25) is 0 Å². The van der Waals surface area contributed by atoms with E-state index in [1.807, 2.05) is 19.3 Å². The van der Waals surface area contributed by atoms with E-state index in [0.29, 0.717) is 0 Å². The Morgan fingerprint density at radius 2 is 2.00 bits per heavy atom. The van der Waals surface area contributed by atoms with Crippen molar-refractivity contribution in [3.63, 3.8) is 0 Å². The molecule has 0 aliphatic carbocycles. The molecule has 0 fully saturated rings. The third-order valence-corrected chi connectivity index (χ3v) is 4.35. The topological polar surface area (TPSA) is 37.8 Å². The van der Waals surface area contributed by atoms with E-state index < -0.39 is 0 Å². The van der Waals surface area contributed by atoms with E-state index in [4.69, 9.17) is 0 Å². The van der Waals surface area contributed by atoms with Crippen LogP contribution in [0.1, 0.15) is 24.5 Å². The minimum atomic E-state index is 0.777. The van der Waals surface area contributed by atoms with Gasteiger partial charge in [-0.2, -0.15) is 0 Å². The SMILES string of the molecule is CCCNCc1ccc(Sc2ncc(C)cn2)cc1Br. The van der Waals surface area contributed by atoms with Gasteiger partial charge in [0, 0.05) is 28.3 Å². The highest BCUT2D eigenvalue weighted by Crippen LogP contribution is 2.28. The van der Waals surface area contributed by atoms with Gasteiger partial charge in [-0.25, -0.2) is 9.97 Å². The van der Waals surface area contributed by atoms with Crippen LogP contribution in [0.15, 0.2) is 45.1 Å². The minimum absolute atomic E-state index is 0.777. The van der Waals surface area contributed by atoms with Gasteiger partial charge in [-0.05, 0) is 54.9 Å². The van der Waals surface area contributed by atoms with Crippen molar-refractivity contribution >= 4 is 27.7 Å². The predicted molar refractivity (Wildman–Crippen MR) is 87.0 cm³/mol. The second-order valence-corrected chi connectivity index (χ2v) is 6.47. The third kappa shape index (κ3) is 4.58. The van der Waals surface area contributed by atoms with E-state index >= 15 is 0 Å². The van der Waals surface area contributed by atoms with E-state index in [2.05, 4.69) is 56.3 Å². The second-order valence-electron chi connectivity index (χ2n) is 4.58. The summed E-state index contributed by atoms with van der Waals surface area (Å²) in [6.45, 7) is 6.09. The summed E-state index contributed by atoms with van der Waals surface area (Å²) in [4.78, 5) is 9.76. The molecule has 0 amide bonds. The molecule has 1 aromatic heterocycles. The van der Waals surface area contributed by atoms with Crippen LogP contribution in [0, 0.1) is 6.92 Å². The maximum Gasteiger partial charge on any atom is 0.192 e. The molecule has 0 spiro atoms. The normalized spacial score (nSPS) is 10.8. The Balaban J connectivity index is 2.03. The smallest absolute Gasteiger partial charge is 0.192 e.